The molecule has 0 aromatic carbocycles. The summed E-state index contributed by atoms with van der Waals surface area (Å²) in [6.07, 6.45) is 3.16. The second-order valence-electron chi connectivity index (χ2n) is 5.75. The van der Waals surface area contributed by atoms with Crippen LogP contribution in [-0.2, 0) is 9.53 Å². The van der Waals surface area contributed by atoms with Crippen molar-refractivity contribution >= 4 is 5.97 Å². The van der Waals surface area contributed by atoms with Crippen LogP contribution in [0.5, 0.6) is 0 Å². The Kier molecular flexibility index (Phi) is 5.92. The molecular weight excluding hydrogens is 188 g/mol. The van der Waals surface area contributed by atoms with E-state index in [9.17, 15) is 4.79 Å². The SMILES string of the molecule is CCC(CC(C)CC(C)(C)C)OC(C)=O. The highest BCUT2D eigenvalue weighted by atomic mass is 16.5. The molecule has 0 aromatic rings. The molecule has 15 heavy (non-hydrogen) atoms. The molecule has 0 radical (unpaired) electrons. The van der Waals surface area contributed by atoms with Crippen LogP contribution >= 0.6 is 0 Å². The minimum Gasteiger partial charge on any atom is -0.463 e. The van der Waals surface area contributed by atoms with Gasteiger partial charge in [0.15, 0.2) is 0 Å². The fourth-order valence-corrected chi connectivity index (χ4v) is 2.11. The molecule has 2 unspecified atom stereocenters. The standard InChI is InChI=1S/C13H26O2/c1-7-12(15-11(3)14)8-10(2)9-13(4,5)6/h10,12H,7-9H2,1-6H3. The summed E-state index contributed by atoms with van der Waals surface area (Å²) in [7, 11) is 0. The van der Waals surface area contributed by atoms with Crippen molar-refractivity contribution in [1.29, 1.82) is 0 Å². The van der Waals surface area contributed by atoms with Crippen molar-refractivity contribution in [3.05, 3.63) is 0 Å². The molecule has 2 nitrogen and oxygen atoms in total. The highest BCUT2D eigenvalue weighted by molar-refractivity contribution is 5.66. The molecule has 0 saturated carbocycles. The van der Waals surface area contributed by atoms with E-state index >= 15 is 0 Å². The van der Waals surface area contributed by atoms with E-state index in [4.69, 9.17) is 4.74 Å². The summed E-state index contributed by atoms with van der Waals surface area (Å²) in [6, 6.07) is 0. The minimum atomic E-state index is -0.162. The average molecular weight is 214 g/mol. The predicted octanol–water partition coefficient (Wildman–Crippen LogP) is 3.79. The van der Waals surface area contributed by atoms with Gasteiger partial charge in [-0.15, -0.1) is 0 Å². The molecule has 0 spiro atoms. The normalized spacial score (nSPS) is 15.9. The van der Waals surface area contributed by atoms with Gasteiger partial charge in [-0.05, 0) is 30.6 Å². The molecule has 0 aliphatic rings. The van der Waals surface area contributed by atoms with Crippen LogP contribution in [0, 0.1) is 11.3 Å². The maximum atomic E-state index is 10.9. The van der Waals surface area contributed by atoms with Crippen molar-refractivity contribution in [2.24, 2.45) is 11.3 Å². The van der Waals surface area contributed by atoms with Crippen molar-refractivity contribution < 1.29 is 9.53 Å². The predicted molar refractivity (Wildman–Crippen MR) is 63.7 cm³/mol. The van der Waals surface area contributed by atoms with Crippen molar-refractivity contribution in [2.45, 2.75) is 66.9 Å². The molecule has 0 aliphatic carbocycles. The third-order valence-corrected chi connectivity index (χ3v) is 2.41. The van der Waals surface area contributed by atoms with Crippen LogP contribution in [0.4, 0.5) is 0 Å². The number of hydrogen-bond acceptors (Lipinski definition) is 2. The minimum absolute atomic E-state index is 0.0971. The number of carbonyl (C=O) groups is 1. The zero-order valence-corrected chi connectivity index (χ0v) is 11.1. The van der Waals surface area contributed by atoms with E-state index in [1.807, 2.05) is 0 Å². The van der Waals surface area contributed by atoms with Gasteiger partial charge >= 0.3 is 5.97 Å². The van der Waals surface area contributed by atoms with E-state index in [-0.39, 0.29) is 12.1 Å². The summed E-state index contributed by atoms with van der Waals surface area (Å²) in [5.74, 6) is 0.444. The molecular formula is C13H26O2. The molecule has 0 saturated heterocycles. The van der Waals surface area contributed by atoms with Crippen LogP contribution in [0.15, 0.2) is 0 Å². The Balaban J connectivity index is 4.01. The number of ether oxygens (including phenoxy) is 1. The van der Waals surface area contributed by atoms with Gasteiger partial charge in [-0.1, -0.05) is 34.6 Å². The Labute approximate surface area is 94.4 Å². The number of hydrogen-bond donors (Lipinski definition) is 0. The first kappa shape index (κ1) is 14.5. The summed E-state index contributed by atoms with van der Waals surface area (Å²) in [6.45, 7) is 12.5. The van der Waals surface area contributed by atoms with E-state index < -0.39 is 0 Å². The first-order chi connectivity index (χ1) is 6.74. The molecule has 0 aliphatic heterocycles. The molecule has 0 amide bonds. The van der Waals surface area contributed by atoms with Crippen molar-refractivity contribution in [1.82, 2.24) is 0 Å². The smallest absolute Gasteiger partial charge is 0.302 e. The topological polar surface area (TPSA) is 26.3 Å². The second kappa shape index (κ2) is 6.14. The molecule has 90 valence electrons. The van der Waals surface area contributed by atoms with E-state index in [1.54, 1.807) is 0 Å². The quantitative estimate of drug-likeness (QED) is 0.651. The lowest BCUT2D eigenvalue weighted by Gasteiger charge is -2.26. The Hall–Kier alpha value is -0.530. The van der Waals surface area contributed by atoms with Gasteiger partial charge in [0.05, 0.1) is 0 Å². The third kappa shape index (κ3) is 8.46. The van der Waals surface area contributed by atoms with Crippen LogP contribution in [-0.4, -0.2) is 12.1 Å². The average Bonchev–Trinajstić information content (AvgIpc) is 1.98. The maximum absolute atomic E-state index is 10.9. The monoisotopic (exact) mass is 214 g/mol. The Bertz CT molecular complexity index is 191. The van der Waals surface area contributed by atoms with Crippen molar-refractivity contribution in [3.63, 3.8) is 0 Å². The highest BCUT2D eigenvalue weighted by Crippen LogP contribution is 2.27. The molecule has 0 fully saturated rings. The molecule has 2 atom stereocenters. The Morgan fingerprint density at radius 3 is 2.20 bits per heavy atom. The fourth-order valence-electron chi connectivity index (χ4n) is 2.11. The summed E-state index contributed by atoms with van der Waals surface area (Å²) in [5, 5.41) is 0. The Morgan fingerprint density at radius 2 is 1.87 bits per heavy atom. The van der Waals surface area contributed by atoms with Crippen LogP contribution in [0.3, 0.4) is 0 Å². The summed E-state index contributed by atoms with van der Waals surface area (Å²) >= 11 is 0. The van der Waals surface area contributed by atoms with Gasteiger partial charge in [-0.25, -0.2) is 0 Å². The molecule has 2 heteroatoms. The van der Waals surface area contributed by atoms with E-state index in [2.05, 4.69) is 34.6 Å². The van der Waals surface area contributed by atoms with Gasteiger partial charge in [-0.3, -0.25) is 4.79 Å². The molecule has 0 bridgehead atoms. The highest BCUT2D eigenvalue weighted by Gasteiger charge is 2.19. The van der Waals surface area contributed by atoms with Crippen LogP contribution in [0.2, 0.25) is 0 Å². The van der Waals surface area contributed by atoms with Gasteiger partial charge in [0, 0.05) is 6.92 Å². The summed E-state index contributed by atoms with van der Waals surface area (Å²) in [5.41, 5.74) is 0.355. The fraction of sp³-hybridized carbons (Fsp3) is 0.923. The lowest BCUT2D eigenvalue weighted by atomic mass is 9.83. The number of rotatable bonds is 5. The largest absolute Gasteiger partial charge is 0.463 e. The summed E-state index contributed by atoms with van der Waals surface area (Å²) < 4.78 is 5.25. The van der Waals surface area contributed by atoms with Gasteiger partial charge in [-0.2, -0.15) is 0 Å². The first-order valence-corrected chi connectivity index (χ1v) is 5.91. The van der Waals surface area contributed by atoms with Gasteiger partial charge in [0.2, 0.25) is 0 Å². The third-order valence-electron chi connectivity index (χ3n) is 2.41. The number of esters is 1. The lowest BCUT2D eigenvalue weighted by molar-refractivity contribution is -0.147. The van der Waals surface area contributed by atoms with Crippen molar-refractivity contribution in [2.75, 3.05) is 0 Å². The van der Waals surface area contributed by atoms with E-state index in [0.29, 0.717) is 11.3 Å². The lowest BCUT2D eigenvalue weighted by Crippen LogP contribution is -2.21. The van der Waals surface area contributed by atoms with Crippen LogP contribution in [0.1, 0.15) is 60.8 Å². The zero-order valence-electron chi connectivity index (χ0n) is 11.1. The van der Waals surface area contributed by atoms with Crippen LogP contribution < -0.4 is 0 Å². The molecule has 0 rings (SSSR count). The maximum Gasteiger partial charge on any atom is 0.302 e. The second-order valence-corrected chi connectivity index (χ2v) is 5.75. The first-order valence-electron chi connectivity index (χ1n) is 5.91. The Morgan fingerprint density at radius 1 is 1.33 bits per heavy atom. The van der Waals surface area contributed by atoms with Gasteiger partial charge in [0.1, 0.15) is 6.10 Å². The molecule has 0 N–H and O–H groups in total. The molecule has 0 aromatic heterocycles. The molecule has 0 heterocycles. The van der Waals surface area contributed by atoms with E-state index in [1.165, 1.54) is 13.3 Å². The van der Waals surface area contributed by atoms with Gasteiger partial charge in [0.25, 0.3) is 0 Å². The van der Waals surface area contributed by atoms with Crippen LogP contribution in [0.25, 0.3) is 0 Å². The van der Waals surface area contributed by atoms with Crippen molar-refractivity contribution in [3.8, 4) is 0 Å². The van der Waals surface area contributed by atoms with Gasteiger partial charge < -0.3 is 4.74 Å². The van der Waals surface area contributed by atoms with E-state index in [0.717, 1.165) is 12.8 Å². The number of carbonyl (C=O) groups excluding carboxylic acids is 1. The zero-order chi connectivity index (χ0) is 12.1. The summed E-state index contributed by atoms with van der Waals surface area (Å²) in [4.78, 5) is 10.9.